The van der Waals surface area contributed by atoms with E-state index in [-0.39, 0.29) is 6.61 Å². The van der Waals surface area contributed by atoms with E-state index in [1.165, 1.54) is 70.6 Å². The second-order valence-electron chi connectivity index (χ2n) is 9.91. The lowest BCUT2D eigenvalue weighted by atomic mass is 10.0. The number of carbonyl (C=O) groups excluding carboxylic acids is 1. The van der Waals surface area contributed by atoms with E-state index < -0.39 is 12.2 Å². The van der Waals surface area contributed by atoms with Crippen LogP contribution in [0.15, 0.2) is 12.2 Å². The first-order valence-electron chi connectivity index (χ1n) is 14.7. The van der Waals surface area contributed by atoms with Gasteiger partial charge in [0, 0.05) is 12.8 Å². The molecule has 4 nitrogen and oxygen atoms in total. The van der Waals surface area contributed by atoms with Crippen LogP contribution < -0.4 is 0 Å². The van der Waals surface area contributed by atoms with Gasteiger partial charge in [-0.1, -0.05) is 107 Å². The van der Waals surface area contributed by atoms with Gasteiger partial charge in [0.15, 0.2) is 0 Å². The molecular weight excluding hydrogens is 460 g/mol. The van der Waals surface area contributed by atoms with Gasteiger partial charge in [-0.3, -0.25) is 4.79 Å². The molecule has 0 saturated carbocycles. The van der Waals surface area contributed by atoms with Crippen molar-refractivity contribution < 1.29 is 20.1 Å². The summed E-state index contributed by atoms with van der Waals surface area (Å²) in [5, 5.41) is 27.5. The molecule has 0 saturated heterocycles. The summed E-state index contributed by atoms with van der Waals surface area (Å²) in [5.41, 5.74) is 0. The van der Waals surface area contributed by atoms with Crippen LogP contribution in [0.5, 0.6) is 0 Å². The van der Waals surface area contributed by atoms with Crippen molar-refractivity contribution >= 4 is 5.78 Å². The fourth-order valence-electron chi connectivity index (χ4n) is 4.22. The standard InChI is InChI=1S/C33H52O4/c1-2-31(35)25-19-14-10-6-3-4-7-11-15-20-26-32(36)27-21-16-12-8-5-9-13-17-22-28-33(37)29-23-18-24-30-34/h1,19,25,31,33-35,37H,3-17,20-22,26-28,30H2. The molecule has 0 aliphatic heterocycles. The highest BCUT2D eigenvalue weighted by atomic mass is 16.3. The zero-order chi connectivity index (χ0) is 27.2. The largest absolute Gasteiger partial charge is 0.384 e. The highest BCUT2D eigenvalue weighted by Gasteiger charge is 2.02. The summed E-state index contributed by atoms with van der Waals surface area (Å²) in [6, 6.07) is 0. The molecule has 0 aliphatic carbocycles. The molecule has 0 aliphatic rings. The van der Waals surface area contributed by atoms with Gasteiger partial charge in [0.25, 0.3) is 0 Å². The molecule has 0 amide bonds. The van der Waals surface area contributed by atoms with Gasteiger partial charge >= 0.3 is 0 Å². The molecule has 4 heteroatoms. The number of terminal acetylenes is 1. The van der Waals surface area contributed by atoms with Crippen LogP contribution in [-0.2, 0) is 4.79 Å². The average molecular weight is 513 g/mol. The molecule has 0 spiro atoms. The molecule has 0 aromatic heterocycles. The zero-order valence-electron chi connectivity index (χ0n) is 23.2. The van der Waals surface area contributed by atoms with E-state index >= 15 is 0 Å². The lowest BCUT2D eigenvalue weighted by Gasteiger charge is -2.04. The minimum absolute atomic E-state index is 0.200. The average Bonchev–Trinajstić information content (AvgIpc) is 2.90. The number of aliphatic hydroxyl groups is 3. The third-order valence-electron chi connectivity index (χ3n) is 6.47. The smallest absolute Gasteiger partial charge is 0.133 e. The van der Waals surface area contributed by atoms with E-state index in [1.807, 2.05) is 6.08 Å². The first-order chi connectivity index (χ1) is 18.1. The summed E-state index contributed by atoms with van der Waals surface area (Å²) < 4.78 is 0. The van der Waals surface area contributed by atoms with Gasteiger partial charge in [0.2, 0.25) is 0 Å². The Morgan fingerprint density at radius 3 is 1.70 bits per heavy atom. The van der Waals surface area contributed by atoms with E-state index in [4.69, 9.17) is 11.5 Å². The highest BCUT2D eigenvalue weighted by molar-refractivity contribution is 5.78. The molecule has 0 heterocycles. The van der Waals surface area contributed by atoms with Crippen molar-refractivity contribution in [3.05, 3.63) is 12.2 Å². The first kappa shape index (κ1) is 35.0. The number of hydrogen-bond donors (Lipinski definition) is 3. The Morgan fingerprint density at radius 1 is 0.703 bits per heavy atom. The van der Waals surface area contributed by atoms with Crippen molar-refractivity contribution in [2.24, 2.45) is 0 Å². The van der Waals surface area contributed by atoms with Gasteiger partial charge in [-0.2, -0.15) is 0 Å². The van der Waals surface area contributed by atoms with Crippen molar-refractivity contribution in [3.63, 3.8) is 0 Å². The molecule has 0 aromatic rings. The Labute approximate surface area is 227 Å². The van der Waals surface area contributed by atoms with E-state index in [9.17, 15) is 15.0 Å². The molecule has 0 bridgehead atoms. The second-order valence-corrected chi connectivity index (χ2v) is 9.91. The Balaban J connectivity index is 3.32. The Kier molecular flexibility index (Phi) is 27.0. The van der Waals surface area contributed by atoms with E-state index in [0.29, 0.717) is 12.2 Å². The van der Waals surface area contributed by atoms with Crippen molar-refractivity contribution in [2.45, 2.75) is 147 Å². The maximum atomic E-state index is 12.1. The molecule has 0 fully saturated rings. The molecule has 208 valence electrons. The fraction of sp³-hybridized carbons (Fsp3) is 0.727. The number of unbranched alkanes of at least 4 members (excludes halogenated alkanes) is 16. The van der Waals surface area contributed by atoms with Crippen LogP contribution in [-0.4, -0.2) is 39.9 Å². The molecule has 37 heavy (non-hydrogen) atoms. The summed E-state index contributed by atoms with van der Waals surface area (Å²) in [6.45, 7) is -0.200. The van der Waals surface area contributed by atoms with Gasteiger partial charge in [0.05, 0.1) is 0 Å². The minimum Gasteiger partial charge on any atom is -0.384 e. The molecule has 2 atom stereocenters. The number of hydrogen-bond acceptors (Lipinski definition) is 4. The maximum Gasteiger partial charge on any atom is 0.133 e. The molecule has 3 N–H and O–H groups in total. The number of aliphatic hydroxyl groups excluding tert-OH is 3. The number of allylic oxidation sites excluding steroid dienone is 1. The van der Waals surface area contributed by atoms with Crippen molar-refractivity contribution in [3.8, 4) is 36.0 Å². The normalized spacial score (nSPS) is 12.3. The number of rotatable bonds is 24. The summed E-state index contributed by atoms with van der Waals surface area (Å²) in [5.74, 6) is 12.9. The predicted octanol–water partition coefficient (Wildman–Crippen LogP) is 6.66. The van der Waals surface area contributed by atoms with Crippen LogP contribution in [0.3, 0.4) is 0 Å². The maximum absolute atomic E-state index is 12.1. The van der Waals surface area contributed by atoms with Gasteiger partial charge in [-0.25, -0.2) is 0 Å². The third-order valence-corrected chi connectivity index (χ3v) is 6.47. The number of ketones is 1. The quantitative estimate of drug-likeness (QED) is 0.0768. The van der Waals surface area contributed by atoms with E-state index in [0.717, 1.165) is 57.8 Å². The van der Waals surface area contributed by atoms with Crippen LogP contribution in [0.2, 0.25) is 0 Å². The van der Waals surface area contributed by atoms with E-state index in [1.54, 1.807) is 6.08 Å². The summed E-state index contributed by atoms with van der Waals surface area (Å²) >= 11 is 0. The summed E-state index contributed by atoms with van der Waals surface area (Å²) in [6.07, 6.45) is 30.6. The molecule has 0 aromatic carbocycles. The second kappa shape index (κ2) is 28.5. The third kappa shape index (κ3) is 28.4. The Hall–Kier alpha value is -2.03. The molecule has 0 radical (unpaired) electrons. The monoisotopic (exact) mass is 512 g/mol. The Bertz CT molecular complexity index is 725. The molecular formula is C33H52O4. The van der Waals surface area contributed by atoms with Crippen LogP contribution in [0.25, 0.3) is 0 Å². The topological polar surface area (TPSA) is 77.8 Å². The number of Topliss-reactive ketones (excluding diaryl/α,β-unsaturated/α-hetero) is 1. The van der Waals surface area contributed by atoms with Gasteiger partial charge in [-0.15, -0.1) is 6.42 Å². The van der Waals surface area contributed by atoms with Crippen LogP contribution in [0.1, 0.15) is 135 Å². The van der Waals surface area contributed by atoms with Crippen molar-refractivity contribution in [1.82, 2.24) is 0 Å². The van der Waals surface area contributed by atoms with Crippen molar-refractivity contribution in [1.29, 1.82) is 0 Å². The Morgan fingerprint density at radius 2 is 1.19 bits per heavy atom. The van der Waals surface area contributed by atoms with Gasteiger partial charge < -0.3 is 15.3 Å². The van der Waals surface area contributed by atoms with Gasteiger partial charge in [-0.05, 0) is 56.4 Å². The highest BCUT2D eigenvalue weighted by Crippen LogP contribution is 2.14. The van der Waals surface area contributed by atoms with Crippen molar-refractivity contribution in [2.75, 3.05) is 6.61 Å². The van der Waals surface area contributed by atoms with Crippen LogP contribution >= 0.6 is 0 Å². The lowest BCUT2D eigenvalue weighted by molar-refractivity contribution is -0.119. The number of carbonyl (C=O) groups is 1. The van der Waals surface area contributed by atoms with Crippen LogP contribution in [0, 0.1) is 36.0 Å². The van der Waals surface area contributed by atoms with Gasteiger partial charge in [0.1, 0.15) is 24.6 Å². The lowest BCUT2D eigenvalue weighted by Crippen LogP contribution is -2.02. The van der Waals surface area contributed by atoms with E-state index in [2.05, 4.69) is 29.6 Å². The summed E-state index contributed by atoms with van der Waals surface area (Å²) in [7, 11) is 0. The molecule has 2 unspecified atom stereocenters. The summed E-state index contributed by atoms with van der Waals surface area (Å²) in [4.78, 5) is 12.1. The predicted molar refractivity (Wildman–Crippen MR) is 155 cm³/mol. The SMILES string of the molecule is C#CC(O)C=CCCCCCCCCCCC(=O)CCCCCCCCCCCC(O)C#CC#CCO. The molecule has 0 rings (SSSR count). The fourth-order valence-corrected chi connectivity index (χ4v) is 4.22. The minimum atomic E-state index is -0.746. The van der Waals surface area contributed by atoms with Crippen LogP contribution in [0.4, 0.5) is 0 Å². The first-order valence-corrected chi connectivity index (χ1v) is 14.7. The zero-order valence-corrected chi connectivity index (χ0v) is 23.2.